The number of aromatic nitrogens is 3. The maximum atomic E-state index is 12.9. The number of piperidine rings is 1. The molecule has 5 rings (SSSR count). The van der Waals surface area contributed by atoms with Crippen LogP contribution < -0.4 is 0 Å². The van der Waals surface area contributed by atoms with Gasteiger partial charge >= 0.3 is 0 Å². The summed E-state index contributed by atoms with van der Waals surface area (Å²) in [7, 11) is 0. The minimum Gasteiger partial charge on any atom is -0.381 e. The highest BCUT2D eigenvalue weighted by Crippen LogP contribution is 2.47. The molecule has 1 amide bonds. The van der Waals surface area contributed by atoms with Gasteiger partial charge in [0.15, 0.2) is 5.82 Å². The van der Waals surface area contributed by atoms with E-state index in [-0.39, 0.29) is 11.3 Å². The highest BCUT2D eigenvalue weighted by Gasteiger charge is 2.45. The van der Waals surface area contributed by atoms with E-state index in [1.807, 2.05) is 12.1 Å². The minimum atomic E-state index is -0.0809. The number of carbonyl (C=O) groups is 1. The fourth-order valence-corrected chi connectivity index (χ4v) is 4.80. The van der Waals surface area contributed by atoms with Crippen LogP contribution in [0, 0.1) is 11.8 Å². The lowest BCUT2D eigenvalue weighted by Gasteiger charge is -2.41. The fourth-order valence-electron chi connectivity index (χ4n) is 4.80. The molecule has 0 aromatic carbocycles. The maximum Gasteiger partial charge on any atom is 0.258 e. The predicted octanol–water partition coefficient (Wildman–Crippen LogP) is 3.22. The Morgan fingerprint density at radius 3 is 2.52 bits per heavy atom. The highest BCUT2D eigenvalue weighted by atomic mass is 16.5. The molecule has 2 aromatic heterocycles. The second-order valence-electron chi connectivity index (χ2n) is 8.80. The molecule has 3 fully saturated rings. The van der Waals surface area contributed by atoms with Gasteiger partial charge in [-0.1, -0.05) is 18.0 Å². The summed E-state index contributed by atoms with van der Waals surface area (Å²) in [5, 5.41) is 4.40. The maximum absolute atomic E-state index is 12.9. The lowest BCUT2D eigenvalue weighted by molar-refractivity contribution is -0.140. The van der Waals surface area contributed by atoms with Crippen molar-refractivity contribution in [2.24, 2.45) is 11.8 Å². The molecule has 29 heavy (non-hydrogen) atoms. The summed E-state index contributed by atoms with van der Waals surface area (Å²) >= 11 is 0. The molecule has 0 bridgehead atoms. The lowest BCUT2D eigenvalue weighted by atomic mass is 9.73. The number of hydrogen-bond donors (Lipinski definition) is 0. The first kappa shape index (κ1) is 18.7. The van der Waals surface area contributed by atoms with Gasteiger partial charge in [0.2, 0.25) is 5.91 Å². The normalized spacial score (nSPS) is 22.6. The van der Waals surface area contributed by atoms with E-state index >= 15 is 0 Å². The lowest BCUT2D eigenvalue weighted by Crippen LogP contribution is -2.48. The second-order valence-corrected chi connectivity index (χ2v) is 8.80. The third kappa shape index (κ3) is 3.92. The molecule has 4 heterocycles. The number of likely N-dealkylation sites (tertiary alicyclic amines) is 1. The summed E-state index contributed by atoms with van der Waals surface area (Å²) in [6, 6.07) is 3.78. The predicted molar refractivity (Wildman–Crippen MR) is 106 cm³/mol. The number of rotatable bonds is 5. The van der Waals surface area contributed by atoms with Crippen molar-refractivity contribution >= 4 is 5.91 Å². The minimum absolute atomic E-state index is 0.0809. The quantitative estimate of drug-likeness (QED) is 0.772. The first-order chi connectivity index (χ1) is 14.2. The molecule has 1 aliphatic carbocycles. The molecule has 2 saturated heterocycles. The summed E-state index contributed by atoms with van der Waals surface area (Å²) in [5.74, 6) is 2.56. The van der Waals surface area contributed by atoms with E-state index in [0.29, 0.717) is 25.0 Å². The van der Waals surface area contributed by atoms with E-state index < -0.39 is 0 Å². The van der Waals surface area contributed by atoms with Crippen LogP contribution in [0.15, 0.2) is 29.0 Å². The third-order valence-electron chi connectivity index (χ3n) is 6.81. The number of ether oxygens (including phenoxy) is 1. The van der Waals surface area contributed by atoms with Crippen molar-refractivity contribution in [2.45, 2.75) is 50.4 Å². The van der Waals surface area contributed by atoms with Gasteiger partial charge in [-0.05, 0) is 50.2 Å². The van der Waals surface area contributed by atoms with Crippen molar-refractivity contribution in [1.82, 2.24) is 20.0 Å². The van der Waals surface area contributed by atoms with E-state index in [2.05, 4.69) is 15.0 Å². The third-order valence-corrected chi connectivity index (χ3v) is 6.81. The summed E-state index contributed by atoms with van der Waals surface area (Å²) in [6.07, 6.45) is 10.7. The Bertz CT molecular complexity index is 835. The smallest absolute Gasteiger partial charge is 0.258 e. The van der Waals surface area contributed by atoms with E-state index in [1.54, 1.807) is 12.4 Å². The van der Waals surface area contributed by atoms with Gasteiger partial charge in [-0.2, -0.15) is 4.98 Å². The van der Waals surface area contributed by atoms with Gasteiger partial charge in [0.1, 0.15) is 0 Å². The van der Waals surface area contributed by atoms with Crippen LogP contribution in [0.25, 0.3) is 11.5 Å². The molecule has 0 spiro atoms. The van der Waals surface area contributed by atoms with Crippen LogP contribution >= 0.6 is 0 Å². The standard InChI is InChI=1S/C22H28N4O3/c27-20(18-5-13-28-14-6-18)26-11-7-22(8-12-26,15-16-1-2-16)21-24-19(29-25-21)17-3-9-23-10-4-17/h3-4,9-10,16,18H,1-2,5-8,11-15H2. The van der Waals surface area contributed by atoms with Crippen molar-refractivity contribution in [3.05, 3.63) is 30.4 Å². The molecule has 1 saturated carbocycles. The first-order valence-corrected chi connectivity index (χ1v) is 10.8. The molecule has 0 radical (unpaired) electrons. The SMILES string of the molecule is O=C(C1CCOCC1)N1CCC(CC2CC2)(c2noc(-c3ccncc3)n2)CC1. The zero-order chi connectivity index (χ0) is 19.7. The van der Waals surface area contributed by atoms with Gasteiger partial charge in [-0.3, -0.25) is 9.78 Å². The zero-order valence-corrected chi connectivity index (χ0v) is 16.8. The van der Waals surface area contributed by atoms with Crippen molar-refractivity contribution < 1.29 is 14.1 Å². The summed E-state index contributed by atoms with van der Waals surface area (Å²) in [6.45, 7) is 2.97. The van der Waals surface area contributed by atoms with Crippen LogP contribution in [-0.4, -0.2) is 52.2 Å². The molecular formula is C22H28N4O3. The van der Waals surface area contributed by atoms with Crippen LogP contribution in [0.1, 0.15) is 50.8 Å². The number of hydrogen-bond acceptors (Lipinski definition) is 6. The molecule has 0 atom stereocenters. The van der Waals surface area contributed by atoms with Gasteiger partial charge in [-0.15, -0.1) is 0 Å². The van der Waals surface area contributed by atoms with Gasteiger partial charge in [-0.25, -0.2) is 0 Å². The molecule has 3 aliphatic rings. The fraction of sp³-hybridized carbons (Fsp3) is 0.636. The highest BCUT2D eigenvalue weighted by molar-refractivity contribution is 5.79. The topological polar surface area (TPSA) is 81.4 Å². The zero-order valence-electron chi connectivity index (χ0n) is 16.8. The Morgan fingerprint density at radius 2 is 1.83 bits per heavy atom. The molecule has 7 heteroatoms. The van der Waals surface area contributed by atoms with E-state index in [1.165, 1.54) is 12.8 Å². The van der Waals surface area contributed by atoms with Crippen molar-refractivity contribution in [2.75, 3.05) is 26.3 Å². The van der Waals surface area contributed by atoms with Gasteiger partial charge in [0, 0.05) is 55.6 Å². The van der Waals surface area contributed by atoms with Crippen molar-refractivity contribution in [3.63, 3.8) is 0 Å². The Balaban J connectivity index is 1.32. The molecular weight excluding hydrogens is 368 g/mol. The summed E-state index contributed by atoms with van der Waals surface area (Å²) in [5.41, 5.74) is 0.815. The van der Waals surface area contributed by atoms with Crippen molar-refractivity contribution in [1.29, 1.82) is 0 Å². The molecule has 0 unspecified atom stereocenters. The van der Waals surface area contributed by atoms with E-state index in [9.17, 15) is 4.79 Å². The molecule has 7 nitrogen and oxygen atoms in total. The van der Waals surface area contributed by atoms with Crippen LogP contribution in [-0.2, 0) is 14.9 Å². The molecule has 2 aromatic rings. The van der Waals surface area contributed by atoms with Gasteiger partial charge < -0.3 is 14.2 Å². The second kappa shape index (κ2) is 7.86. The Kier molecular flexibility index (Phi) is 5.08. The first-order valence-electron chi connectivity index (χ1n) is 10.8. The molecule has 2 aliphatic heterocycles. The largest absolute Gasteiger partial charge is 0.381 e. The average Bonchev–Trinajstić information content (AvgIpc) is 3.45. The summed E-state index contributed by atoms with van der Waals surface area (Å²) in [4.78, 5) is 23.8. The number of nitrogens with zero attached hydrogens (tertiary/aromatic N) is 4. The van der Waals surface area contributed by atoms with Crippen LogP contribution in [0.2, 0.25) is 0 Å². The van der Waals surface area contributed by atoms with Crippen LogP contribution in [0.4, 0.5) is 0 Å². The van der Waals surface area contributed by atoms with Gasteiger partial charge in [0.05, 0.1) is 0 Å². The van der Waals surface area contributed by atoms with Crippen LogP contribution in [0.5, 0.6) is 0 Å². The Morgan fingerprint density at radius 1 is 1.10 bits per heavy atom. The van der Waals surface area contributed by atoms with Crippen LogP contribution in [0.3, 0.4) is 0 Å². The monoisotopic (exact) mass is 396 g/mol. The number of carbonyl (C=O) groups excluding carboxylic acids is 1. The van der Waals surface area contributed by atoms with Gasteiger partial charge in [0.25, 0.3) is 5.89 Å². The Labute approximate surface area is 170 Å². The van der Waals surface area contributed by atoms with E-state index in [4.69, 9.17) is 14.2 Å². The summed E-state index contributed by atoms with van der Waals surface area (Å²) < 4.78 is 11.0. The average molecular weight is 396 g/mol. The molecule has 154 valence electrons. The number of amides is 1. The number of pyridine rings is 1. The Hall–Kier alpha value is -2.28. The van der Waals surface area contributed by atoms with E-state index in [0.717, 1.165) is 62.5 Å². The van der Waals surface area contributed by atoms with Crippen molar-refractivity contribution in [3.8, 4) is 11.5 Å². The molecule has 0 N–H and O–H groups in total.